The summed E-state index contributed by atoms with van der Waals surface area (Å²) in [6.07, 6.45) is 3.78. The number of benzene rings is 3. The summed E-state index contributed by atoms with van der Waals surface area (Å²) in [7, 11) is 0. The molecular weight excluding hydrogens is 314 g/mol. The van der Waals surface area contributed by atoms with Gasteiger partial charge in [-0.1, -0.05) is 36.4 Å². The molecule has 120 valence electrons. The van der Waals surface area contributed by atoms with Gasteiger partial charge in [0, 0.05) is 17.8 Å². The minimum Gasteiger partial charge on any atom is -0.299 e. The third-order valence-corrected chi connectivity index (χ3v) is 4.10. The van der Waals surface area contributed by atoms with Crippen LogP contribution in [0.25, 0.3) is 0 Å². The summed E-state index contributed by atoms with van der Waals surface area (Å²) >= 11 is 0. The van der Waals surface area contributed by atoms with Crippen LogP contribution in [0.4, 0.5) is 11.4 Å². The molecule has 0 atom stereocenters. The second-order valence-corrected chi connectivity index (χ2v) is 5.72. The van der Waals surface area contributed by atoms with Crippen molar-refractivity contribution in [3.63, 3.8) is 0 Å². The summed E-state index contributed by atoms with van der Waals surface area (Å²) in [5, 5.41) is 1.38. The predicted octanol–water partition coefficient (Wildman–Crippen LogP) is 4.03. The van der Waals surface area contributed by atoms with Gasteiger partial charge in [0.15, 0.2) is 11.5 Å². The second kappa shape index (κ2) is 5.49. The van der Waals surface area contributed by atoms with Crippen molar-refractivity contribution in [3.05, 3.63) is 83.9 Å². The van der Waals surface area contributed by atoms with E-state index in [0.29, 0.717) is 5.75 Å². The van der Waals surface area contributed by atoms with E-state index in [1.54, 1.807) is 6.21 Å². The largest absolute Gasteiger partial charge is 0.299 e. The maximum Gasteiger partial charge on any atom is 0.268 e. The van der Waals surface area contributed by atoms with Gasteiger partial charge in [-0.3, -0.25) is 9.68 Å². The van der Waals surface area contributed by atoms with Gasteiger partial charge < -0.3 is 0 Å². The first-order valence-corrected chi connectivity index (χ1v) is 8.00. The summed E-state index contributed by atoms with van der Waals surface area (Å²) in [6.45, 7) is 0. The van der Waals surface area contributed by atoms with Crippen LogP contribution in [0.2, 0.25) is 0 Å². The van der Waals surface area contributed by atoms with Gasteiger partial charge in [-0.05, 0) is 35.0 Å². The molecule has 0 aromatic heterocycles. The van der Waals surface area contributed by atoms with E-state index in [1.165, 1.54) is 5.34 Å². The Hall–Kier alpha value is -3.60. The van der Waals surface area contributed by atoms with E-state index < -0.39 is 0 Å². The Morgan fingerprint density at radius 2 is 1.36 bits per heavy atom. The van der Waals surface area contributed by atoms with Crippen molar-refractivity contribution < 1.29 is 14.4 Å². The monoisotopic (exact) mass is 328 g/mol. The fourth-order valence-electron chi connectivity index (χ4n) is 2.86. The van der Waals surface area contributed by atoms with Crippen molar-refractivity contribution in [1.29, 1.82) is 0 Å². The van der Waals surface area contributed by atoms with Crippen LogP contribution in [0.1, 0.15) is 11.1 Å². The van der Waals surface area contributed by atoms with Gasteiger partial charge in [-0.2, -0.15) is 0 Å². The Morgan fingerprint density at radius 1 is 0.720 bits per heavy atom. The van der Waals surface area contributed by atoms with E-state index in [2.05, 4.69) is 4.99 Å². The zero-order chi connectivity index (χ0) is 16.6. The molecule has 5 heteroatoms. The molecule has 0 amide bonds. The molecule has 5 nitrogen and oxygen atoms in total. The molecule has 0 bridgehead atoms. The van der Waals surface area contributed by atoms with Gasteiger partial charge in [0.2, 0.25) is 11.6 Å². The lowest BCUT2D eigenvalue weighted by atomic mass is 10.2. The molecular formula is C20H14N3O2+. The Bertz CT molecular complexity index is 1030. The van der Waals surface area contributed by atoms with Crippen molar-refractivity contribution in [2.75, 3.05) is 0 Å². The smallest absolute Gasteiger partial charge is 0.268 e. The number of hydrogen-bond donors (Lipinski definition) is 0. The highest BCUT2D eigenvalue weighted by Gasteiger charge is 2.33. The molecule has 3 aromatic carbocycles. The molecule has 2 heterocycles. The maximum absolute atomic E-state index is 6.05. The lowest BCUT2D eigenvalue weighted by Crippen LogP contribution is -2.42. The quantitative estimate of drug-likeness (QED) is 0.585. The minimum atomic E-state index is 0.664. The van der Waals surface area contributed by atoms with Crippen molar-refractivity contribution in [3.8, 4) is 11.5 Å². The van der Waals surface area contributed by atoms with E-state index >= 15 is 0 Å². The number of hydrogen-bond acceptors (Lipinski definition) is 4. The van der Waals surface area contributed by atoms with Gasteiger partial charge in [-0.25, -0.2) is 4.99 Å². The van der Waals surface area contributed by atoms with E-state index in [0.717, 1.165) is 28.3 Å². The topological polar surface area (TPSA) is 37.1 Å². The highest BCUT2D eigenvalue weighted by Crippen LogP contribution is 2.34. The van der Waals surface area contributed by atoms with E-state index in [1.807, 2.05) is 83.7 Å². The molecule has 0 radical (unpaired) electrons. The fraction of sp³-hybridized carbons (Fsp3) is 0. The summed E-state index contributed by atoms with van der Waals surface area (Å²) in [5.74, 6) is 1.39. The molecule has 0 spiro atoms. The Kier molecular flexibility index (Phi) is 3.03. The number of fused-ring (bicyclic) bond motifs is 5. The summed E-state index contributed by atoms with van der Waals surface area (Å²) in [6, 6.07) is 23.4. The Balaban J connectivity index is 1.75. The van der Waals surface area contributed by atoms with Crippen LogP contribution in [0, 0.1) is 0 Å². The average Bonchev–Trinajstić information content (AvgIpc) is 2.73. The zero-order valence-corrected chi connectivity index (χ0v) is 13.2. The van der Waals surface area contributed by atoms with E-state index in [-0.39, 0.29) is 0 Å². The van der Waals surface area contributed by atoms with Gasteiger partial charge in [0.25, 0.3) is 5.69 Å². The van der Waals surface area contributed by atoms with Crippen molar-refractivity contribution in [2.24, 2.45) is 4.99 Å². The molecule has 2 aliphatic heterocycles. The van der Waals surface area contributed by atoms with Crippen LogP contribution in [0.5, 0.6) is 11.5 Å². The molecule has 0 fully saturated rings. The molecule has 3 aromatic rings. The van der Waals surface area contributed by atoms with Crippen molar-refractivity contribution in [1.82, 2.24) is 5.34 Å². The molecule has 2 aliphatic rings. The molecule has 5 rings (SSSR count). The summed E-state index contributed by atoms with van der Waals surface area (Å²) < 4.78 is 1.82. The average molecular weight is 328 g/mol. The van der Waals surface area contributed by atoms with Crippen LogP contribution in [-0.4, -0.2) is 22.4 Å². The van der Waals surface area contributed by atoms with Gasteiger partial charge in [0.1, 0.15) is 5.69 Å². The second-order valence-electron chi connectivity index (χ2n) is 5.72. The molecule has 0 N–H and O–H groups in total. The highest BCUT2D eigenvalue weighted by atomic mass is 17.0. The Labute approximate surface area is 144 Å². The SMILES string of the molecule is C1=Nc2ccccc2[N+]2=Cc3ccccc3ON2Oc2ccccc21. The number of aliphatic imine (C=N–C) groups is 1. The first kappa shape index (κ1) is 13.8. The Morgan fingerprint density at radius 3 is 2.20 bits per heavy atom. The molecule has 0 saturated carbocycles. The van der Waals surface area contributed by atoms with Gasteiger partial charge >= 0.3 is 0 Å². The number of rotatable bonds is 0. The first-order valence-electron chi connectivity index (χ1n) is 8.00. The number of hydrazine groups is 1. The number of para-hydroxylation sites is 4. The molecule has 25 heavy (non-hydrogen) atoms. The van der Waals surface area contributed by atoms with Crippen molar-refractivity contribution >= 4 is 23.8 Å². The maximum atomic E-state index is 6.05. The van der Waals surface area contributed by atoms with Crippen LogP contribution < -0.4 is 9.68 Å². The lowest BCUT2D eigenvalue weighted by Gasteiger charge is -2.22. The fourth-order valence-corrected chi connectivity index (χ4v) is 2.86. The summed E-state index contributed by atoms with van der Waals surface area (Å²) in [5.41, 5.74) is 3.53. The van der Waals surface area contributed by atoms with E-state index in [4.69, 9.17) is 9.68 Å². The van der Waals surface area contributed by atoms with Crippen LogP contribution in [0.15, 0.2) is 77.8 Å². The highest BCUT2D eigenvalue weighted by molar-refractivity contribution is 5.87. The minimum absolute atomic E-state index is 0.664. The third-order valence-electron chi connectivity index (χ3n) is 4.10. The third kappa shape index (κ3) is 2.33. The van der Waals surface area contributed by atoms with E-state index in [9.17, 15) is 0 Å². The standard InChI is InChI=1S/C20H14N3O2/c1-5-11-19-15(7-1)13-21-17-9-3-4-10-18(17)22-14-16-8-2-6-12-20(16)25-23(22)24-19/h1-14H/q+1. The van der Waals surface area contributed by atoms with Crippen molar-refractivity contribution in [2.45, 2.75) is 0 Å². The molecule has 0 saturated heterocycles. The van der Waals surface area contributed by atoms with Gasteiger partial charge in [-0.15, -0.1) is 0 Å². The molecule has 0 aliphatic carbocycles. The number of nitrogens with zero attached hydrogens (tertiary/aromatic N) is 3. The normalized spacial score (nSPS) is 14.2. The predicted molar refractivity (Wildman–Crippen MR) is 94.8 cm³/mol. The molecule has 0 unspecified atom stereocenters. The first-order chi connectivity index (χ1) is 12.4. The summed E-state index contributed by atoms with van der Waals surface area (Å²) in [4.78, 5) is 16.7. The van der Waals surface area contributed by atoms with Gasteiger partial charge in [0.05, 0.1) is 5.56 Å². The lowest BCUT2D eigenvalue weighted by molar-refractivity contribution is -0.758. The number of hydrazone groups is 1. The van der Waals surface area contributed by atoms with Crippen LogP contribution >= 0.6 is 0 Å². The van der Waals surface area contributed by atoms with Crippen LogP contribution in [0.3, 0.4) is 0 Å². The zero-order valence-electron chi connectivity index (χ0n) is 13.2. The van der Waals surface area contributed by atoms with Crippen LogP contribution in [-0.2, 0) is 0 Å².